The van der Waals surface area contributed by atoms with Gasteiger partial charge in [0.2, 0.25) is 0 Å². The molecule has 100 valence electrons. The number of nitrogens with two attached hydrogens (primary N) is 1. The fraction of sp³-hybridized carbons (Fsp3) is 0.231. The Balaban J connectivity index is 1.99. The number of anilines is 2. The summed E-state index contributed by atoms with van der Waals surface area (Å²) in [6.07, 6.45) is 1.76. The summed E-state index contributed by atoms with van der Waals surface area (Å²) in [5.41, 5.74) is 8.72. The molecule has 4 N–H and O–H groups in total. The fourth-order valence-corrected chi connectivity index (χ4v) is 1.73. The van der Waals surface area contributed by atoms with Gasteiger partial charge in [-0.15, -0.1) is 0 Å². The molecule has 6 nitrogen and oxygen atoms in total. The molecule has 6 heteroatoms. The normalized spacial score (nSPS) is 10.3. The molecular weight excluding hydrogens is 242 g/mol. The second-order valence-electron chi connectivity index (χ2n) is 4.28. The summed E-state index contributed by atoms with van der Waals surface area (Å²) in [5, 5.41) is 9.65. The molecule has 0 spiro atoms. The Bertz CT molecular complexity index is 573. The number of urea groups is 1. The standard InChI is InChI=1S/C13H17N5O/c1-9-12(8-18(2)17-9)16-13(19)15-11-5-3-10(7-14)4-6-11/h3-6,8H,7,14H2,1-2H3,(H2,15,16,19). The quantitative estimate of drug-likeness (QED) is 0.786. The summed E-state index contributed by atoms with van der Waals surface area (Å²) in [6, 6.07) is 7.10. The molecule has 0 fully saturated rings. The van der Waals surface area contributed by atoms with Gasteiger partial charge in [0, 0.05) is 25.5 Å². The highest BCUT2D eigenvalue weighted by atomic mass is 16.2. The monoisotopic (exact) mass is 259 g/mol. The van der Waals surface area contributed by atoms with Crippen LogP contribution in [-0.4, -0.2) is 15.8 Å². The number of aryl methyl sites for hydroxylation is 2. The van der Waals surface area contributed by atoms with Crippen LogP contribution < -0.4 is 16.4 Å². The van der Waals surface area contributed by atoms with E-state index in [-0.39, 0.29) is 6.03 Å². The van der Waals surface area contributed by atoms with Gasteiger partial charge in [-0.1, -0.05) is 12.1 Å². The molecule has 1 heterocycles. The van der Waals surface area contributed by atoms with E-state index in [4.69, 9.17) is 5.73 Å². The highest BCUT2D eigenvalue weighted by Gasteiger charge is 2.07. The Hall–Kier alpha value is -2.34. The second kappa shape index (κ2) is 5.53. The van der Waals surface area contributed by atoms with Crippen LogP contribution in [0.4, 0.5) is 16.2 Å². The van der Waals surface area contributed by atoms with E-state index in [0.717, 1.165) is 16.9 Å². The molecule has 1 aromatic carbocycles. The van der Waals surface area contributed by atoms with Gasteiger partial charge in [0.15, 0.2) is 0 Å². The maximum absolute atomic E-state index is 11.8. The van der Waals surface area contributed by atoms with Crippen molar-refractivity contribution in [3.05, 3.63) is 41.7 Å². The molecule has 0 aliphatic heterocycles. The predicted octanol–water partition coefficient (Wildman–Crippen LogP) is 1.83. The second-order valence-corrected chi connectivity index (χ2v) is 4.28. The number of benzene rings is 1. The number of amides is 2. The maximum atomic E-state index is 11.8. The van der Waals surface area contributed by atoms with Gasteiger partial charge < -0.3 is 16.4 Å². The third-order valence-corrected chi connectivity index (χ3v) is 2.71. The maximum Gasteiger partial charge on any atom is 0.323 e. The molecular formula is C13H17N5O. The molecule has 0 radical (unpaired) electrons. The van der Waals surface area contributed by atoms with Crippen LogP contribution in [0.5, 0.6) is 0 Å². The van der Waals surface area contributed by atoms with E-state index in [0.29, 0.717) is 12.2 Å². The van der Waals surface area contributed by atoms with Gasteiger partial charge in [-0.2, -0.15) is 5.10 Å². The summed E-state index contributed by atoms with van der Waals surface area (Å²) < 4.78 is 1.65. The van der Waals surface area contributed by atoms with Crippen LogP contribution in [0, 0.1) is 6.92 Å². The molecule has 19 heavy (non-hydrogen) atoms. The zero-order chi connectivity index (χ0) is 13.8. The first-order chi connectivity index (χ1) is 9.08. The number of carbonyl (C=O) groups excluding carboxylic acids is 1. The third kappa shape index (κ3) is 3.32. The van der Waals surface area contributed by atoms with Crippen molar-refractivity contribution in [1.29, 1.82) is 0 Å². The lowest BCUT2D eigenvalue weighted by atomic mass is 10.2. The molecule has 0 saturated carbocycles. The average molecular weight is 259 g/mol. The van der Waals surface area contributed by atoms with Crippen LogP contribution in [0.3, 0.4) is 0 Å². The van der Waals surface area contributed by atoms with Gasteiger partial charge in [-0.25, -0.2) is 4.79 Å². The van der Waals surface area contributed by atoms with Crippen molar-refractivity contribution in [3.63, 3.8) is 0 Å². The van der Waals surface area contributed by atoms with Gasteiger partial charge >= 0.3 is 6.03 Å². The smallest absolute Gasteiger partial charge is 0.323 e. The lowest BCUT2D eigenvalue weighted by molar-refractivity contribution is 0.262. The number of rotatable bonds is 3. The molecule has 0 aliphatic carbocycles. The van der Waals surface area contributed by atoms with Crippen LogP contribution in [0.1, 0.15) is 11.3 Å². The summed E-state index contributed by atoms with van der Waals surface area (Å²) >= 11 is 0. The van der Waals surface area contributed by atoms with Crippen molar-refractivity contribution in [3.8, 4) is 0 Å². The van der Waals surface area contributed by atoms with E-state index < -0.39 is 0 Å². The SMILES string of the molecule is Cc1nn(C)cc1NC(=O)Nc1ccc(CN)cc1. The molecule has 2 aromatic rings. The van der Waals surface area contributed by atoms with Crippen molar-refractivity contribution in [1.82, 2.24) is 9.78 Å². The highest BCUT2D eigenvalue weighted by Crippen LogP contribution is 2.13. The van der Waals surface area contributed by atoms with Gasteiger partial charge in [-0.3, -0.25) is 4.68 Å². The Morgan fingerprint density at radius 3 is 2.53 bits per heavy atom. The van der Waals surface area contributed by atoms with Gasteiger partial charge in [0.05, 0.1) is 11.4 Å². The zero-order valence-electron chi connectivity index (χ0n) is 11.0. The molecule has 0 bridgehead atoms. The minimum absolute atomic E-state index is 0.295. The zero-order valence-corrected chi connectivity index (χ0v) is 11.0. The van der Waals surface area contributed by atoms with E-state index >= 15 is 0 Å². The van der Waals surface area contributed by atoms with Crippen LogP contribution in [0.2, 0.25) is 0 Å². The summed E-state index contributed by atoms with van der Waals surface area (Å²) in [7, 11) is 1.81. The number of nitrogens with zero attached hydrogens (tertiary/aromatic N) is 2. The molecule has 0 saturated heterocycles. The number of hydrogen-bond acceptors (Lipinski definition) is 3. The Morgan fingerprint density at radius 2 is 2.00 bits per heavy atom. The molecule has 0 aliphatic rings. The number of hydrogen-bond donors (Lipinski definition) is 3. The minimum atomic E-state index is -0.295. The molecule has 0 unspecified atom stereocenters. The van der Waals surface area contributed by atoms with Gasteiger partial charge in [0.1, 0.15) is 0 Å². The minimum Gasteiger partial charge on any atom is -0.326 e. The van der Waals surface area contributed by atoms with E-state index in [1.54, 1.807) is 10.9 Å². The van der Waals surface area contributed by atoms with E-state index in [2.05, 4.69) is 15.7 Å². The van der Waals surface area contributed by atoms with Gasteiger partial charge in [-0.05, 0) is 24.6 Å². The lowest BCUT2D eigenvalue weighted by Gasteiger charge is -2.07. The Morgan fingerprint density at radius 1 is 1.32 bits per heavy atom. The molecule has 1 aromatic heterocycles. The van der Waals surface area contributed by atoms with Crippen molar-refractivity contribution in [2.24, 2.45) is 12.8 Å². The van der Waals surface area contributed by atoms with Crippen LogP contribution in [-0.2, 0) is 13.6 Å². The molecule has 0 atom stereocenters. The first-order valence-electron chi connectivity index (χ1n) is 5.95. The number of carbonyl (C=O) groups is 1. The van der Waals surface area contributed by atoms with Crippen LogP contribution >= 0.6 is 0 Å². The molecule has 2 rings (SSSR count). The van der Waals surface area contributed by atoms with Crippen molar-refractivity contribution in [2.75, 3.05) is 10.6 Å². The van der Waals surface area contributed by atoms with Crippen molar-refractivity contribution < 1.29 is 4.79 Å². The largest absolute Gasteiger partial charge is 0.326 e. The summed E-state index contributed by atoms with van der Waals surface area (Å²) in [4.78, 5) is 11.8. The average Bonchev–Trinajstić information content (AvgIpc) is 2.68. The predicted molar refractivity (Wildman–Crippen MR) is 74.9 cm³/mol. The van der Waals surface area contributed by atoms with Crippen LogP contribution in [0.15, 0.2) is 30.5 Å². The van der Waals surface area contributed by atoms with Crippen LogP contribution in [0.25, 0.3) is 0 Å². The fourth-order valence-electron chi connectivity index (χ4n) is 1.73. The van der Waals surface area contributed by atoms with E-state index in [1.807, 2.05) is 38.2 Å². The highest BCUT2D eigenvalue weighted by molar-refractivity contribution is 5.99. The van der Waals surface area contributed by atoms with Crippen molar-refractivity contribution in [2.45, 2.75) is 13.5 Å². The van der Waals surface area contributed by atoms with Crippen molar-refractivity contribution >= 4 is 17.4 Å². The first-order valence-corrected chi connectivity index (χ1v) is 5.95. The first kappa shape index (κ1) is 13.1. The Kier molecular flexibility index (Phi) is 3.82. The topological polar surface area (TPSA) is 85.0 Å². The Labute approximate surface area is 111 Å². The number of nitrogens with one attached hydrogen (secondary N) is 2. The van der Waals surface area contributed by atoms with Gasteiger partial charge in [0.25, 0.3) is 0 Å². The molecule has 2 amide bonds. The summed E-state index contributed by atoms with van der Waals surface area (Å²) in [5.74, 6) is 0. The summed E-state index contributed by atoms with van der Waals surface area (Å²) in [6.45, 7) is 2.33. The third-order valence-electron chi connectivity index (χ3n) is 2.71. The number of aromatic nitrogens is 2. The van der Waals surface area contributed by atoms with E-state index in [1.165, 1.54) is 0 Å². The lowest BCUT2D eigenvalue weighted by Crippen LogP contribution is -2.19. The van der Waals surface area contributed by atoms with E-state index in [9.17, 15) is 4.79 Å².